The minimum atomic E-state index is 0.915. The number of rotatable bonds is 6. The Kier molecular flexibility index (Phi) is 4.25. The van der Waals surface area contributed by atoms with Gasteiger partial charge in [-0.2, -0.15) is 0 Å². The maximum atomic E-state index is 4.21. The molecule has 2 heterocycles. The molecule has 102 valence electrons. The number of H-pyrrole nitrogens is 1. The largest absolute Gasteiger partial charge is 0.349 e. The second-order valence-corrected chi connectivity index (χ2v) is 5.63. The number of hydrogen-bond donors (Lipinski definition) is 2. The van der Waals surface area contributed by atoms with E-state index < -0.39 is 0 Å². The quantitative estimate of drug-likeness (QED) is 0.680. The first kappa shape index (κ1) is 13.1. The molecule has 0 saturated heterocycles. The van der Waals surface area contributed by atoms with E-state index in [0.29, 0.717) is 0 Å². The fourth-order valence-electron chi connectivity index (χ4n) is 2.11. The van der Waals surface area contributed by atoms with E-state index in [0.717, 1.165) is 25.3 Å². The van der Waals surface area contributed by atoms with Crippen LogP contribution in [0.4, 0.5) is 0 Å². The molecule has 0 amide bonds. The summed E-state index contributed by atoms with van der Waals surface area (Å²) >= 11 is 1.81. The summed E-state index contributed by atoms with van der Waals surface area (Å²) < 4.78 is 0. The summed E-state index contributed by atoms with van der Waals surface area (Å²) in [5, 5.41) is 5.68. The standard InChI is InChI=1S/C16H17N3S/c1-2-4-13(5-3-1)14-10-15(20-12-14)11-17-7-6-16-18-8-9-19-16/h1-5,8-10,12,17H,6-7,11H2,(H,18,19). The van der Waals surface area contributed by atoms with Gasteiger partial charge in [-0.1, -0.05) is 30.3 Å². The number of imidazole rings is 1. The van der Waals surface area contributed by atoms with Gasteiger partial charge in [0, 0.05) is 36.8 Å². The van der Waals surface area contributed by atoms with Gasteiger partial charge < -0.3 is 10.3 Å². The second-order valence-electron chi connectivity index (χ2n) is 4.63. The number of aromatic amines is 1. The monoisotopic (exact) mass is 283 g/mol. The SMILES string of the molecule is c1ccc(-c2csc(CNCCc3ncc[nH]3)c2)cc1. The normalized spacial score (nSPS) is 10.8. The van der Waals surface area contributed by atoms with Crippen LogP contribution in [0.2, 0.25) is 0 Å². The molecular formula is C16H17N3S. The van der Waals surface area contributed by atoms with Crippen LogP contribution < -0.4 is 5.32 Å². The molecule has 1 aromatic carbocycles. The van der Waals surface area contributed by atoms with E-state index >= 15 is 0 Å². The third kappa shape index (κ3) is 3.35. The predicted octanol–water partition coefficient (Wildman–Crippen LogP) is 3.47. The van der Waals surface area contributed by atoms with Gasteiger partial charge in [0.2, 0.25) is 0 Å². The van der Waals surface area contributed by atoms with Crippen molar-refractivity contribution in [1.82, 2.24) is 15.3 Å². The fraction of sp³-hybridized carbons (Fsp3) is 0.188. The van der Waals surface area contributed by atoms with Gasteiger partial charge in [-0.3, -0.25) is 0 Å². The minimum absolute atomic E-state index is 0.915. The molecule has 0 unspecified atom stereocenters. The van der Waals surface area contributed by atoms with Gasteiger partial charge in [-0.15, -0.1) is 11.3 Å². The number of nitrogens with zero attached hydrogens (tertiary/aromatic N) is 1. The van der Waals surface area contributed by atoms with Crippen molar-refractivity contribution in [2.75, 3.05) is 6.54 Å². The van der Waals surface area contributed by atoms with Crippen molar-refractivity contribution in [3.63, 3.8) is 0 Å². The molecule has 2 aromatic heterocycles. The zero-order valence-corrected chi connectivity index (χ0v) is 12.0. The Morgan fingerprint density at radius 1 is 1.15 bits per heavy atom. The summed E-state index contributed by atoms with van der Waals surface area (Å²) in [5.41, 5.74) is 2.59. The van der Waals surface area contributed by atoms with Crippen molar-refractivity contribution in [2.45, 2.75) is 13.0 Å². The van der Waals surface area contributed by atoms with Crippen LogP contribution in [0.15, 0.2) is 54.2 Å². The van der Waals surface area contributed by atoms with Gasteiger partial charge in [-0.05, 0) is 22.6 Å². The van der Waals surface area contributed by atoms with E-state index in [-0.39, 0.29) is 0 Å². The van der Waals surface area contributed by atoms with E-state index in [1.54, 1.807) is 17.5 Å². The Morgan fingerprint density at radius 3 is 2.85 bits per heavy atom. The van der Waals surface area contributed by atoms with Crippen LogP contribution in [-0.2, 0) is 13.0 Å². The molecule has 0 aliphatic heterocycles. The first-order valence-electron chi connectivity index (χ1n) is 6.73. The van der Waals surface area contributed by atoms with Gasteiger partial charge in [0.15, 0.2) is 0 Å². The van der Waals surface area contributed by atoms with E-state index in [9.17, 15) is 0 Å². The van der Waals surface area contributed by atoms with Gasteiger partial charge in [-0.25, -0.2) is 4.98 Å². The van der Waals surface area contributed by atoms with Crippen molar-refractivity contribution in [3.8, 4) is 11.1 Å². The lowest BCUT2D eigenvalue weighted by molar-refractivity contribution is 0.680. The van der Waals surface area contributed by atoms with E-state index in [2.05, 4.69) is 51.0 Å². The van der Waals surface area contributed by atoms with Gasteiger partial charge in [0.05, 0.1) is 0 Å². The molecule has 0 aliphatic rings. The highest BCUT2D eigenvalue weighted by Gasteiger charge is 2.02. The van der Waals surface area contributed by atoms with Gasteiger partial charge >= 0.3 is 0 Å². The Bertz CT molecular complexity index is 629. The molecule has 0 saturated carbocycles. The van der Waals surface area contributed by atoms with Crippen LogP contribution in [0, 0.1) is 0 Å². The smallest absolute Gasteiger partial charge is 0.107 e. The Labute approximate surface area is 122 Å². The molecule has 3 rings (SSSR count). The van der Waals surface area contributed by atoms with Crippen molar-refractivity contribution in [1.29, 1.82) is 0 Å². The molecule has 3 nitrogen and oxygen atoms in total. The summed E-state index contributed by atoms with van der Waals surface area (Å²) in [5.74, 6) is 1.04. The number of hydrogen-bond acceptors (Lipinski definition) is 3. The van der Waals surface area contributed by atoms with Crippen LogP contribution in [0.5, 0.6) is 0 Å². The molecule has 0 fully saturated rings. The molecule has 0 atom stereocenters. The molecule has 0 spiro atoms. The molecule has 2 N–H and O–H groups in total. The highest BCUT2D eigenvalue weighted by atomic mass is 32.1. The van der Waals surface area contributed by atoms with E-state index in [1.165, 1.54) is 16.0 Å². The highest BCUT2D eigenvalue weighted by Crippen LogP contribution is 2.25. The summed E-state index contributed by atoms with van der Waals surface area (Å²) in [7, 11) is 0. The van der Waals surface area contributed by atoms with Crippen molar-refractivity contribution in [3.05, 3.63) is 64.9 Å². The molecule has 3 aromatic rings. The third-order valence-electron chi connectivity index (χ3n) is 3.15. The highest BCUT2D eigenvalue weighted by molar-refractivity contribution is 7.10. The van der Waals surface area contributed by atoms with E-state index in [4.69, 9.17) is 0 Å². The summed E-state index contributed by atoms with van der Waals surface area (Å²) in [6.07, 6.45) is 4.59. The van der Waals surface area contributed by atoms with E-state index in [1.807, 2.05) is 12.3 Å². The molecule has 0 aliphatic carbocycles. The number of aromatic nitrogens is 2. The summed E-state index contributed by atoms with van der Waals surface area (Å²) in [6, 6.07) is 12.8. The number of thiophene rings is 1. The first-order chi connectivity index (χ1) is 9.92. The maximum absolute atomic E-state index is 4.21. The van der Waals surface area contributed by atoms with Gasteiger partial charge in [0.1, 0.15) is 5.82 Å². The molecule has 0 radical (unpaired) electrons. The zero-order chi connectivity index (χ0) is 13.6. The Hall–Kier alpha value is -1.91. The van der Waals surface area contributed by atoms with Crippen LogP contribution in [-0.4, -0.2) is 16.5 Å². The summed E-state index contributed by atoms with van der Waals surface area (Å²) in [4.78, 5) is 8.69. The topological polar surface area (TPSA) is 40.7 Å². The van der Waals surface area contributed by atoms with Crippen LogP contribution >= 0.6 is 11.3 Å². The minimum Gasteiger partial charge on any atom is -0.349 e. The molecule has 0 bridgehead atoms. The van der Waals surface area contributed by atoms with Crippen LogP contribution in [0.25, 0.3) is 11.1 Å². The predicted molar refractivity (Wildman–Crippen MR) is 83.8 cm³/mol. The third-order valence-corrected chi connectivity index (χ3v) is 4.09. The first-order valence-corrected chi connectivity index (χ1v) is 7.61. The lowest BCUT2D eigenvalue weighted by atomic mass is 10.1. The molecular weight excluding hydrogens is 266 g/mol. The Morgan fingerprint density at radius 2 is 2.05 bits per heavy atom. The van der Waals surface area contributed by atoms with Crippen molar-refractivity contribution < 1.29 is 0 Å². The zero-order valence-electron chi connectivity index (χ0n) is 11.2. The maximum Gasteiger partial charge on any atom is 0.107 e. The van der Waals surface area contributed by atoms with Crippen LogP contribution in [0.1, 0.15) is 10.7 Å². The molecule has 20 heavy (non-hydrogen) atoms. The second kappa shape index (κ2) is 6.50. The Balaban J connectivity index is 1.50. The lowest BCUT2D eigenvalue weighted by Crippen LogP contribution is -2.16. The summed E-state index contributed by atoms with van der Waals surface area (Å²) in [6.45, 7) is 1.85. The lowest BCUT2D eigenvalue weighted by Gasteiger charge is -2.01. The average Bonchev–Trinajstić information content (AvgIpc) is 3.16. The number of nitrogens with one attached hydrogen (secondary N) is 2. The average molecular weight is 283 g/mol. The van der Waals surface area contributed by atoms with Gasteiger partial charge in [0.25, 0.3) is 0 Å². The van der Waals surface area contributed by atoms with Crippen LogP contribution in [0.3, 0.4) is 0 Å². The number of benzene rings is 1. The fourth-order valence-corrected chi connectivity index (χ4v) is 2.97. The van der Waals surface area contributed by atoms with Crippen molar-refractivity contribution in [2.24, 2.45) is 0 Å². The molecule has 4 heteroatoms. The van der Waals surface area contributed by atoms with Crippen molar-refractivity contribution >= 4 is 11.3 Å².